The zero-order chi connectivity index (χ0) is 13.8. The van der Waals surface area contributed by atoms with Gasteiger partial charge in [-0.2, -0.15) is 0 Å². The molecule has 4 nitrogen and oxygen atoms in total. The summed E-state index contributed by atoms with van der Waals surface area (Å²) in [6.07, 6.45) is 6.20. The third kappa shape index (κ3) is 3.20. The van der Waals surface area contributed by atoms with E-state index >= 15 is 0 Å². The summed E-state index contributed by atoms with van der Waals surface area (Å²) in [5, 5.41) is 3.32. The van der Waals surface area contributed by atoms with E-state index in [1.165, 1.54) is 18.4 Å². The van der Waals surface area contributed by atoms with E-state index in [1.54, 1.807) is 6.26 Å². The Morgan fingerprint density at radius 2 is 2.25 bits per heavy atom. The van der Waals surface area contributed by atoms with Crippen molar-refractivity contribution in [2.45, 2.75) is 38.9 Å². The van der Waals surface area contributed by atoms with E-state index in [0.29, 0.717) is 6.04 Å². The van der Waals surface area contributed by atoms with E-state index in [-0.39, 0.29) is 0 Å². The van der Waals surface area contributed by atoms with Gasteiger partial charge in [0.2, 0.25) is 0 Å². The number of hydrogen-bond acceptors (Lipinski definition) is 4. The van der Waals surface area contributed by atoms with Gasteiger partial charge in [0.05, 0.1) is 12.8 Å². The standard InChI is InChI=1S/C16H21N3O/c1-2-17-10-13-5-8-16(18-11-13)19(14-6-7-14)12-15-4-3-9-20-15/h3-5,8-9,11,14,17H,2,6-7,10,12H2,1H3. The largest absolute Gasteiger partial charge is 0.467 e. The molecule has 20 heavy (non-hydrogen) atoms. The first-order valence-electron chi connectivity index (χ1n) is 7.31. The summed E-state index contributed by atoms with van der Waals surface area (Å²) >= 11 is 0. The molecule has 4 heteroatoms. The summed E-state index contributed by atoms with van der Waals surface area (Å²) in [7, 11) is 0. The lowest BCUT2D eigenvalue weighted by molar-refractivity contribution is 0.500. The van der Waals surface area contributed by atoms with E-state index < -0.39 is 0 Å². The van der Waals surface area contributed by atoms with Gasteiger partial charge >= 0.3 is 0 Å². The van der Waals surface area contributed by atoms with Crippen molar-refractivity contribution in [2.24, 2.45) is 0 Å². The first-order chi connectivity index (χ1) is 9.86. The van der Waals surface area contributed by atoms with Gasteiger partial charge in [-0.15, -0.1) is 0 Å². The SMILES string of the molecule is CCNCc1ccc(N(Cc2ccco2)C2CC2)nc1. The van der Waals surface area contributed by atoms with Crippen molar-refractivity contribution in [1.82, 2.24) is 10.3 Å². The Morgan fingerprint density at radius 1 is 1.35 bits per heavy atom. The third-order valence-electron chi connectivity index (χ3n) is 3.58. The summed E-state index contributed by atoms with van der Waals surface area (Å²) in [5.41, 5.74) is 1.23. The molecule has 2 aromatic rings. The van der Waals surface area contributed by atoms with E-state index in [4.69, 9.17) is 4.42 Å². The molecule has 106 valence electrons. The molecule has 2 aromatic heterocycles. The third-order valence-corrected chi connectivity index (χ3v) is 3.58. The molecule has 3 rings (SSSR count). The van der Waals surface area contributed by atoms with Crippen LogP contribution in [0.5, 0.6) is 0 Å². The lowest BCUT2D eigenvalue weighted by Crippen LogP contribution is -2.25. The molecule has 0 unspecified atom stereocenters. The Balaban J connectivity index is 1.70. The Hall–Kier alpha value is -1.81. The number of pyridine rings is 1. The van der Waals surface area contributed by atoms with Crippen LogP contribution in [0.25, 0.3) is 0 Å². The fourth-order valence-corrected chi connectivity index (χ4v) is 2.31. The first-order valence-corrected chi connectivity index (χ1v) is 7.31. The molecule has 2 heterocycles. The topological polar surface area (TPSA) is 41.3 Å². The van der Waals surface area contributed by atoms with Gasteiger partial charge in [-0.3, -0.25) is 0 Å². The Bertz CT molecular complexity index is 517. The number of nitrogens with zero attached hydrogens (tertiary/aromatic N) is 2. The molecule has 1 N–H and O–H groups in total. The van der Waals surface area contributed by atoms with Gasteiger partial charge in [-0.1, -0.05) is 13.0 Å². The monoisotopic (exact) mass is 271 g/mol. The highest BCUT2D eigenvalue weighted by molar-refractivity contribution is 5.42. The zero-order valence-corrected chi connectivity index (χ0v) is 11.9. The van der Waals surface area contributed by atoms with Gasteiger partial charge in [0, 0.05) is 18.8 Å². The summed E-state index contributed by atoms with van der Waals surface area (Å²) in [6.45, 7) is 4.77. The summed E-state index contributed by atoms with van der Waals surface area (Å²) < 4.78 is 5.46. The molecular formula is C16H21N3O. The molecule has 0 aliphatic heterocycles. The van der Waals surface area contributed by atoms with Crippen LogP contribution in [0.1, 0.15) is 31.1 Å². The molecule has 0 amide bonds. The molecular weight excluding hydrogens is 250 g/mol. The average Bonchev–Trinajstić information content (AvgIpc) is 3.20. The summed E-state index contributed by atoms with van der Waals surface area (Å²) in [6, 6.07) is 8.85. The number of nitrogens with one attached hydrogen (secondary N) is 1. The maximum Gasteiger partial charge on any atom is 0.129 e. The molecule has 0 radical (unpaired) electrons. The molecule has 1 fully saturated rings. The second kappa shape index (κ2) is 6.09. The van der Waals surface area contributed by atoms with Crippen LogP contribution < -0.4 is 10.2 Å². The minimum Gasteiger partial charge on any atom is -0.467 e. The second-order valence-corrected chi connectivity index (χ2v) is 5.24. The average molecular weight is 271 g/mol. The Kier molecular flexibility index (Phi) is 4.02. The van der Waals surface area contributed by atoms with E-state index in [0.717, 1.165) is 31.2 Å². The molecule has 1 saturated carbocycles. The predicted octanol–water partition coefficient (Wildman–Crippen LogP) is 2.95. The highest BCUT2D eigenvalue weighted by atomic mass is 16.3. The van der Waals surface area contributed by atoms with Crippen molar-refractivity contribution in [2.75, 3.05) is 11.4 Å². The molecule has 0 saturated heterocycles. The van der Waals surface area contributed by atoms with Crippen LogP contribution in [-0.4, -0.2) is 17.6 Å². The molecule has 0 bridgehead atoms. The summed E-state index contributed by atoms with van der Waals surface area (Å²) in [4.78, 5) is 6.96. The molecule has 0 aromatic carbocycles. The smallest absolute Gasteiger partial charge is 0.129 e. The maximum absolute atomic E-state index is 5.46. The van der Waals surface area contributed by atoms with Crippen LogP contribution in [0.4, 0.5) is 5.82 Å². The minimum atomic E-state index is 0.618. The molecule has 0 atom stereocenters. The quantitative estimate of drug-likeness (QED) is 0.840. The van der Waals surface area contributed by atoms with Crippen LogP contribution in [0.15, 0.2) is 41.1 Å². The van der Waals surface area contributed by atoms with E-state index in [9.17, 15) is 0 Å². The van der Waals surface area contributed by atoms with Crippen LogP contribution >= 0.6 is 0 Å². The van der Waals surface area contributed by atoms with Crippen molar-refractivity contribution < 1.29 is 4.42 Å². The predicted molar refractivity (Wildman–Crippen MR) is 79.5 cm³/mol. The van der Waals surface area contributed by atoms with E-state index in [1.807, 2.05) is 18.3 Å². The van der Waals surface area contributed by atoms with Crippen LogP contribution in [0.2, 0.25) is 0 Å². The van der Waals surface area contributed by atoms with Crippen molar-refractivity contribution in [3.05, 3.63) is 48.0 Å². The molecule has 1 aliphatic carbocycles. The zero-order valence-electron chi connectivity index (χ0n) is 11.9. The number of rotatable bonds is 7. The first kappa shape index (κ1) is 13.2. The van der Waals surface area contributed by atoms with Crippen LogP contribution in [-0.2, 0) is 13.1 Å². The van der Waals surface area contributed by atoms with E-state index in [2.05, 4.69) is 34.3 Å². The van der Waals surface area contributed by atoms with Crippen molar-refractivity contribution in [1.29, 1.82) is 0 Å². The van der Waals surface area contributed by atoms with Gasteiger partial charge in [0.25, 0.3) is 0 Å². The van der Waals surface area contributed by atoms with Crippen LogP contribution in [0, 0.1) is 0 Å². The summed E-state index contributed by atoms with van der Waals surface area (Å²) in [5.74, 6) is 2.04. The van der Waals surface area contributed by atoms with Gasteiger partial charge in [0.15, 0.2) is 0 Å². The van der Waals surface area contributed by atoms with Crippen molar-refractivity contribution in [3.8, 4) is 0 Å². The lowest BCUT2D eigenvalue weighted by Gasteiger charge is -2.22. The fraction of sp³-hybridized carbons (Fsp3) is 0.438. The number of anilines is 1. The minimum absolute atomic E-state index is 0.618. The number of hydrogen-bond donors (Lipinski definition) is 1. The highest BCUT2D eigenvalue weighted by Crippen LogP contribution is 2.32. The maximum atomic E-state index is 5.46. The van der Waals surface area contributed by atoms with Crippen LogP contribution in [0.3, 0.4) is 0 Å². The van der Waals surface area contributed by atoms with Gasteiger partial charge in [-0.25, -0.2) is 4.98 Å². The van der Waals surface area contributed by atoms with Gasteiger partial charge < -0.3 is 14.6 Å². The van der Waals surface area contributed by atoms with Crippen molar-refractivity contribution >= 4 is 5.82 Å². The molecule has 0 spiro atoms. The normalized spacial score (nSPS) is 14.4. The number of furan rings is 1. The Labute approximate surface area is 119 Å². The lowest BCUT2D eigenvalue weighted by atomic mass is 10.2. The Morgan fingerprint density at radius 3 is 2.85 bits per heavy atom. The number of aromatic nitrogens is 1. The highest BCUT2D eigenvalue weighted by Gasteiger charge is 2.30. The second-order valence-electron chi connectivity index (χ2n) is 5.24. The molecule has 1 aliphatic rings. The van der Waals surface area contributed by atoms with Gasteiger partial charge in [-0.05, 0) is 43.1 Å². The van der Waals surface area contributed by atoms with Crippen molar-refractivity contribution in [3.63, 3.8) is 0 Å². The fourth-order valence-electron chi connectivity index (χ4n) is 2.31. The van der Waals surface area contributed by atoms with Gasteiger partial charge in [0.1, 0.15) is 11.6 Å².